The van der Waals surface area contributed by atoms with Gasteiger partial charge in [0.2, 0.25) is 0 Å². The van der Waals surface area contributed by atoms with E-state index in [1.54, 1.807) is 0 Å². The Morgan fingerprint density at radius 2 is 1.74 bits per heavy atom. The number of anilines is 1. The number of aromatic nitrogens is 2. The molecule has 0 amide bonds. The van der Waals surface area contributed by atoms with Crippen LogP contribution in [-0.4, -0.2) is 27.4 Å². The standard InChI is InChI=1S/C15H19N3O/c1-10-13-4-2-3-5-14(13)15(18-17-10)16-11-6-8-12(19)9-7-11/h2-5,11-12,19H,6-9H2,1H3,(H,16,18). The van der Waals surface area contributed by atoms with E-state index in [0.29, 0.717) is 6.04 Å². The molecule has 0 aliphatic heterocycles. The summed E-state index contributed by atoms with van der Waals surface area (Å²) in [5.74, 6) is 0.864. The van der Waals surface area contributed by atoms with Crippen molar-refractivity contribution >= 4 is 16.6 Å². The molecule has 0 bridgehead atoms. The highest BCUT2D eigenvalue weighted by Gasteiger charge is 2.20. The van der Waals surface area contributed by atoms with E-state index < -0.39 is 0 Å². The summed E-state index contributed by atoms with van der Waals surface area (Å²) in [5.41, 5.74) is 0.959. The molecule has 3 rings (SSSR count). The smallest absolute Gasteiger partial charge is 0.156 e. The molecule has 19 heavy (non-hydrogen) atoms. The highest BCUT2D eigenvalue weighted by Crippen LogP contribution is 2.26. The maximum atomic E-state index is 9.55. The first-order valence-corrected chi connectivity index (χ1v) is 6.90. The Hall–Kier alpha value is -1.68. The molecule has 0 saturated heterocycles. The molecule has 100 valence electrons. The number of fused-ring (bicyclic) bond motifs is 1. The van der Waals surface area contributed by atoms with Crippen molar-refractivity contribution in [2.75, 3.05) is 5.32 Å². The largest absolute Gasteiger partial charge is 0.393 e. The van der Waals surface area contributed by atoms with Crippen LogP contribution in [0.25, 0.3) is 10.8 Å². The van der Waals surface area contributed by atoms with Crippen molar-refractivity contribution < 1.29 is 5.11 Å². The van der Waals surface area contributed by atoms with Crippen molar-refractivity contribution in [3.63, 3.8) is 0 Å². The predicted octanol–water partition coefficient (Wildman–Crippen LogP) is 2.65. The molecule has 1 fully saturated rings. The van der Waals surface area contributed by atoms with E-state index in [9.17, 15) is 5.11 Å². The van der Waals surface area contributed by atoms with Gasteiger partial charge < -0.3 is 10.4 Å². The lowest BCUT2D eigenvalue weighted by atomic mass is 9.93. The lowest BCUT2D eigenvalue weighted by molar-refractivity contribution is 0.126. The van der Waals surface area contributed by atoms with E-state index in [1.807, 2.05) is 19.1 Å². The molecule has 1 aromatic heterocycles. The summed E-state index contributed by atoms with van der Waals surface area (Å²) in [4.78, 5) is 0. The number of benzene rings is 1. The van der Waals surface area contributed by atoms with E-state index in [2.05, 4.69) is 27.6 Å². The Bertz CT molecular complexity index is 577. The number of aliphatic hydroxyl groups excluding tert-OH is 1. The van der Waals surface area contributed by atoms with Gasteiger partial charge in [0.1, 0.15) is 0 Å². The third-order valence-corrected chi connectivity index (χ3v) is 3.91. The summed E-state index contributed by atoms with van der Waals surface area (Å²) in [7, 11) is 0. The van der Waals surface area contributed by atoms with Crippen LogP contribution in [0.5, 0.6) is 0 Å². The fourth-order valence-corrected chi connectivity index (χ4v) is 2.76. The van der Waals surface area contributed by atoms with E-state index in [1.165, 1.54) is 0 Å². The number of hydrogen-bond acceptors (Lipinski definition) is 4. The quantitative estimate of drug-likeness (QED) is 0.868. The maximum absolute atomic E-state index is 9.55. The van der Waals surface area contributed by atoms with Crippen LogP contribution < -0.4 is 5.32 Å². The molecule has 1 aliphatic rings. The van der Waals surface area contributed by atoms with Gasteiger partial charge in [-0.2, -0.15) is 5.10 Å². The molecule has 1 saturated carbocycles. The average molecular weight is 257 g/mol. The Labute approximate surface area is 112 Å². The van der Waals surface area contributed by atoms with E-state index in [-0.39, 0.29) is 6.10 Å². The van der Waals surface area contributed by atoms with E-state index in [0.717, 1.165) is 48.0 Å². The molecule has 2 N–H and O–H groups in total. The second-order valence-corrected chi connectivity index (χ2v) is 5.33. The van der Waals surface area contributed by atoms with Crippen molar-refractivity contribution in [3.05, 3.63) is 30.0 Å². The molecule has 0 spiro atoms. The van der Waals surface area contributed by atoms with Crippen molar-refractivity contribution in [1.82, 2.24) is 10.2 Å². The lowest BCUT2D eigenvalue weighted by Crippen LogP contribution is -2.28. The van der Waals surface area contributed by atoms with Crippen LogP contribution in [0.2, 0.25) is 0 Å². The van der Waals surface area contributed by atoms with Crippen molar-refractivity contribution in [1.29, 1.82) is 0 Å². The summed E-state index contributed by atoms with van der Waals surface area (Å²) < 4.78 is 0. The average Bonchev–Trinajstić information content (AvgIpc) is 2.45. The summed E-state index contributed by atoms with van der Waals surface area (Å²) in [6.45, 7) is 1.98. The van der Waals surface area contributed by atoms with Crippen LogP contribution in [0.4, 0.5) is 5.82 Å². The molecule has 0 radical (unpaired) electrons. The van der Waals surface area contributed by atoms with Gasteiger partial charge in [-0.1, -0.05) is 24.3 Å². The number of nitrogens with one attached hydrogen (secondary N) is 1. The molecular weight excluding hydrogens is 238 g/mol. The van der Waals surface area contributed by atoms with Crippen LogP contribution >= 0.6 is 0 Å². The van der Waals surface area contributed by atoms with Gasteiger partial charge in [-0.25, -0.2) is 0 Å². The minimum absolute atomic E-state index is 0.126. The second kappa shape index (κ2) is 5.13. The molecule has 1 aromatic carbocycles. The fourth-order valence-electron chi connectivity index (χ4n) is 2.76. The minimum atomic E-state index is -0.126. The van der Waals surface area contributed by atoms with Crippen LogP contribution in [-0.2, 0) is 0 Å². The van der Waals surface area contributed by atoms with Crippen molar-refractivity contribution in [3.8, 4) is 0 Å². The Morgan fingerprint density at radius 1 is 1.05 bits per heavy atom. The predicted molar refractivity (Wildman–Crippen MR) is 76.2 cm³/mol. The zero-order valence-corrected chi connectivity index (χ0v) is 11.1. The first-order valence-electron chi connectivity index (χ1n) is 6.90. The number of hydrogen-bond donors (Lipinski definition) is 2. The molecule has 4 nitrogen and oxygen atoms in total. The van der Waals surface area contributed by atoms with E-state index in [4.69, 9.17) is 0 Å². The van der Waals surface area contributed by atoms with Crippen LogP contribution in [0.15, 0.2) is 24.3 Å². The van der Waals surface area contributed by atoms with Crippen LogP contribution in [0.1, 0.15) is 31.4 Å². The van der Waals surface area contributed by atoms with Gasteiger partial charge in [0.25, 0.3) is 0 Å². The lowest BCUT2D eigenvalue weighted by Gasteiger charge is -2.26. The second-order valence-electron chi connectivity index (χ2n) is 5.33. The van der Waals surface area contributed by atoms with E-state index >= 15 is 0 Å². The SMILES string of the molecule is Cc1nnc(NC2CCC(O)CC2)c2ccccc12. The monoisotopic (exact) mass is 257 g/mol. The third kappa shape index (κ3) is 2.54. The minimum Gasteiger partial charge on any atom is -0.393 e. The zero-order chi connectivity index (χ0) is 13.2. The summed E-state index contributed by atoms with van der Waals surface area (Å²) in [6, 6.07) is 8.60. The Morgan fingerprint density at radius 3 is 2.47 bits per heavy atom. The highest BCUT2D eigenvalue weighted by molar-refractivity contribution is 5.92. The first kappa shape index (κ1) is 12.4. The molecule has 0 atom stereocenters. The maximum Gasteiger partial charge on any atom is 0.156 e. The zero-order valence-electron chi connectivity index (χ0n) is 11.1. The number of aliphatic hydroxyl groups is 1. The Kier molecular flexibility index (Phi) is 3.34. The van der Waals surface area contributed by atoms with Gasteiger partial charge in [0, 0.05) is 16.8 Å². The molecule has 1 heterocycles. The molecular formula is C15H19N3O. The molecule has 2 aromatic rings. The topological polar surface area (TPSA) is 58.0 Å². The summed E-state index contributed by atoms with van der Waals surface area (Å²) in [6.07, 6.45) is 3.60. The highest BCUT2D eigenvalue weighted by atomic mass is 16.3. The van der Waals surface area contributed by atoms with Gasteiger partial charge in [0.05, 0.1) is 11.8 Å². The molecule has 0 unspecified atom stereocenters. The fraction of sp³-hybridized carbons (Fsp3) is 0.467. The van der Waals surface area contributed by atoms with Gasteiger partial charge in [-0.3, -0.25) is 0 Å². The Balaban J connectivity index is 1.87. The number of nitrogens with zero attached hydrogens (tertiary/aromatic N) is 2. The number of aryl methyl sites for hydroxylation is 1. The number of rotatable bonds is 2. The molecule has 1 aliphatic carbocycles. The third-order valence-electron chi connectivity index (χ3n) is 3.91. The van der Waals surface area contributed by atoms with Gasteiger partial charge >= 0.3 is 0 Å². The normalized spacial score (nSPS) is 23.5. The van der Waals surface area contributed by atoms with Crippen LogP contribution in [0, 0.1) is 6.92 Å². The van der Waals surface area contributed by atoms with Gasteiger partial charge in [-0.05, 0) is 32.6 Å². The summed E-state index contributed by atoms with van der Waals surface area (Å²) in [5, 5.41) is 23.8. The molecule has 4 heteroatoms. The van der Waals surface area contributed by atoms with Crippen molar-refractivity contribution in [2.45, 2.75) is 44.8 Å². The van der Waals surface area contributed by atoms with Crippen LogP contribution in [0.3, 0.4) is 0 Å². The van der Waals surface area contributed by atoms with Gasteiger partial charge in [-0.15, -0.1) is 5.10 Å². The summed E-state index contributed by atoms with van der Waals surface area (Å²) >= 11 is 0. The van der Waals surface area contributed by atoms with Crippen molar-refractivity contribution in [2.24, 2.45) is 0 Å². The first-order chi connectivity index (χ1) is 9.24. The van der Waals surface area contributed by atoms with Gasteiger partial charge in [0.15, 0.2) is 5.82 Å².